The number of pyridine rings is 1. The number of nitrogens with zero attached hydrogens (tertiary/aromatic N) is 1. The molecule has 0 fully saturated rings. The molecule has 4 heteroatoms. The Balaban J connectivity index is 2.21. The van der Waals surface area contributed by atoms with Crippen molar-refractivity contribution in [2.24, 2.45) is 0 Å². The Bertz CT molecular complexity index is 510. The Kier molecular flexibility index (Phi) is 4.33. The minimum Gasteiger partial charge on any atom is -0.492 e. The van der Waals surface area contributed by atoms with Crippen molar-refractivity contribution in [2.75, 3.05) is 6.61 Å². The van der Waals surface area contributed by atoms with E-state index in [9.17, 15) is 5.11 Å². The Morgan fingerprint density at radius 2 is 2.17 bits per heavy atom. The van der Waals surface area contributed by atoms with E-state index in [1.54, 1.807) is 23.7 Å². The van der Waals surface area contributed by atoms with Gasteiger partial charge in [-0.2, -0.15) is 0 Å². The molecule has 0 aliphatic rings. The minimum absolute atomic E-state index is 0.597. The molecule has 0 spiro atoms. The topological polar surface area (TPSA) is 42.4 Å². The molecule has 0 radical (unpaired) electrons. The summed E-state index contributed by atoms with van der Waals surface area (Å²) >= 11 is 1.64. The lowest BCUT2D eigenvalue weighted by atomic mass is 10.1. The van der Waals surface area contributed by atoms with Gasteiger partial charge < -0.3 is 9.84 Å². The molecule has 2 aromatic rings. The minimum atomic E-state index is -0.622. The predicted molar refractivity (Wildman–Crippen MR) is 73.2 cm³/mol. The van der Waals surface area contributed by atoms with Crippen LogP contribution in [-0.4, -0.2) is 16.7 Å². The van der Waals surface area contributed by atoms with Crippen molar-refractivity contribution in [1.82, 2.24) is 4.98 Å². The molecular formula is C14H17NO2S. The third-order valence-electron chi connectivity index (χ3n) is 2.66. The van der Waals surface area contributed by atoms with Crippen molar-refractivity contribution in [2.45, 2.75) is 26.4 Å². The third kappa shape index (κ3) is 2.89. The molecule has 0 bridgehead atoms. The Hall–Kier alpha value is -1.39. The van der Waals surface area contributed by atoms with Crippen LogP contribution in [0.25, 0.3) is 0 Å². The zero-order valence-electron chi connectivity index (χ0n) is 10.6. The van der Waals surface area contributed by atoms with E-state index in [1.807, 2.05) is 19.1 Å². The number of hydrogen-bond donors (Lipinski definition) is 1. The summed E-state index contributed by atoms with van der Waals surface area (Å²) in [6.07, 6.45) is 3.71. The number of aryl methyl sites for hydroxylation is 1. The van der Waals surface area contributed by atoms with E-state index in [1.165, 1.54) is 4.88 Å². The molecule has 2 rings (SSSR count). The first-order valence-electron chi connectivity index (χ1n) is 6.09. The smallest absolute Gasteiger partial charge is 0.137 e. The SMILES string of the molecule is CCOc1cncc(C(O)c2ccc(CC)s2)c1. The van der Waals surface area contributed by atoms with Gasteiger partial charge in [0.2, 0.25) is 0 Å². The standard InChI is InChI=1S/C14H17NO2S/c1-3-12-5-6-13(18-12)14(16)10-7-11(17-4-2)9-15-8-10/h5-9,14,16H,3-4H2,1-2H3. The molecule has 0 saturated heterocycles. The molecule has 0 amide bonds. The zero-order chi connectivity index (χ0) is 13.0. The monoisotopic (exact) mass is 263 g/mol. The summed E-state index contributed by atoms with van der Waals surface area (Å²) in [5, 5.41) is 10.3. The maximum atomic E-state index is 10.3. The molecule has 1 N–H and O–H groups in total. The van der Waals surface area contributed by atoms with Crippen LogP contribution in [0.4, 0.5) is 0 Å². The van der Waals surface area contributed by atoms with Crippen LogP contribution in [0.5, 0.6) is 5.75 Å². The van der Waals surface area contributed by atoms with Gasteiger partial charge in [0.05, 0.1) is 12.8 Å². The molecular weight excluding hydrogens is 246 g/mol. The van der Waals surface area contributed by atoms with Gasteiger partial charge in [0.25, 0.3) is 0 Å². The van der Waals surface area contributed by atoms with Crippen molar-refractivity contribution < 1.29 is 9.84 Å². The van der Waals surface area contributed by atoms with Crippen LogP contribution in [-0.2, 0) is 6.42 Å². The van der Waals surface area contributed by atoms with Crippen molar-refractivity contribution >= 4 is 11.3 Å². The average Bonchev–Trinajstić information content (AvgIpc) is 2.87. The maximum absolute atomic E-state index is 10.3. The molecule has 0 aromatic carbocycles. The number of thiophene rings is 1. The highest BCUT2D eigenvalue weighted by molar-refractivity contribution is 7.12. The fourth-order valence-corrected chi connectivity index (χ4v) is 2.69. The largest absolute Gasteiger partial charge is 0.492 e. The summed E-state index contributed by atoms with van der Waals surface area (Å²) in [6.45, 7) is 4.63. The molecule has 2 heterocycles. The van der Waals surface area contributed by atoms with Gasteiger partial charge in [-0.1, -0.05) is 6.92 Å². The molecule has 0 aliphatic heterocycles. The summed E-state index contributed by atoms with van der Waals surface area (Å²) in [5.41, 5.74) is 0.769. The van der Waals surface area contributed by atoms with Crippen LogP contribution < -0.4 is 4.74 Å². The lowest BCUT2D eigenvalue weighted by molar-refractivity contribution is 0.222. The van der Waals surface area contributed by atoms with Crippen LogP contribution in [0.3, 0.4) is 0 Å². The number of aliphatic hydroxyl groups excluding tert-OH is 1. The summed E-state index contributed by atoms with van der Waals surface area (Å²) < 4.78 is 5.39. The van der Waals surface area contributed by atoms with E-state index in [-0.39, 0.29) is 0 Å². The van der Waals surface area contributed by atoms with Gasteiger partial charge in [-0.25, -0.2) is 0 Å². The molecule has 96 valence electrons. The fraction of sp³-hybridized carbons (Fsp3) is 0.357. The number of aliphatic hydroxyl groups is 1. The normalized spacial score (nSPS) is 12.4. The quantitative estimate of drug-likeness (QED) is 0.901. The van der Waals surface area contributed by atoms with Crippen LogP contribution in [0.1, 0.15) is 35.3 Å². The highest BCUT2D eigenvalue weighted by Gasteiger charge is 2.14. The fourth-order valence-electron chi connectivity index (χ4n) is 1.73. The van der Waals surface area contributed by atoms with Crippen molar-refractivity contribution in [3.8, 4) is 5.75 Å². The molecule has 18 heavy (non-hydrogen) atoms. The Morgan fingerprint density at radius 1 is 1.33 bits per heavy atom. The molecule has 1 unspecified atom stereocenters. The first-order valence-corrected chi connectivity index (χ1v) is 6.90. The molecule has 0 aliphatic carbocycles. The molecule has 1 atom stereocenters. The zero-order valence-corrected chi connectivity index (χ0v) is 11.4. The highest BCUT2D eigenvalue weighted by Crippen LogP contribution is 2.29. The Labute approximate surface area is 111 Å². The van der Waals surface area contributed by atoms with E-state index in [0.717, 1.165) is 16.9 Å². The predicted octanol–water partition coefficient (Wildman–Crippen LogP) is 3.19. The Morgan fingerprint density at radius 3 is 2.83 bits per heavy atom. The lowest BCUT2D eigenvalue weighted by Crippen LogP contribution is -1.99. The molecule has 3 nitrogen and oxygen atoms in total. The average molecular weight is 263 g/mol. The molecule has 0 saturated carbocycles. The number of rotatable bonds is 5. The van der Waals surface area contributed by atoms with Gasteiger partial charge in [-0.15, -0.1) is 11.3 Å². The van der Waals surface area contributed by atoms with E-state index < -0.39 is 6.10 Å². The third-order valence-corrected chi connectivity index (χ3v) is 3.94. The van der Waals surface area contributed by atoms with Crippen LogP contribution in [0, 0.1) is 0 Å². The first-order chi connectivity index (χ1) is 8.74. The first kappa shape index (κ1) is 13.1. The van der Waals surface area contributed by atoms with Crippen molar-refractivity contribution in [1.29, 1.82) is 0 Å². The summed E-state index contributed by atoms with van der Waals surface area (Å²) in [5.74, 6) is 0.696. The van der Waals surface area contributed by atoms with E-state index in [0.29, 0.717) is 12.4 Å². The summed E-state index contributed by atoms with van der Waals surface area (Å²) in [7, 11) is 0. The van der Waals surface area contributed by atoms with Gasteiger partial charge in [0.1, 0.15) is 11.9 Å². The number of ether oxygens (including phenoxy) is 1. The van der Waals surface area contributed by atoms with E-state index in [2.05, 4.69) is 18.0 Å². The lowest BCUT2D eigenvalue weighted by Gasteiger charge is -2.10. The van der Waals surface area contributed by atoms with Gasteiger partial charge in [-0.05, 0) is 31.5 Å². The van der Waals surface area contributed by atoms with Gasteiger partial charge in [-0.3, -0.25) is 4.98 Å². The number of hydrogen-bond acceptors (Lipinski definition) is 4. The summed E-state index contributed by atoms with van der Waals surface area (Å²) in [6, 6.07) is 5.87. The second-order valence-electron chi connectivity index (χ2n) is 3.95. The maximum Gasteiger partial charge on any atom is 0.137 e. The second kappa shape index (κ2) is 5.98. The van der Waals surface area contributed by atoms with E-state index >= 15 is 0 Å². The highest BCUT2D eigenvalue weighted by atomic mass is 32.1. The van der Waals surface area contributed by atoms with Crippen LogP contribution in [0.2, 0.25) is 0 Å². The summed E-state index contributed by atoms with van der Waals surface area (Å²) in [4.78, 5) is 6.32. The van der Waals surface area contributed by atoms with Crippen LogP contribution >= 0.6 is 11.3 Å². The van der Waals surface area contributed by atoms with Crippen molar-refractivity contribution in [3.63, 3.8) is 0 Å². The van der Waals surface area contributed by atoms with Gasteiger partial charge >= 0.3 is 0 Å². The van der Waals surface area contributed by atoms with Crippen LogP contribution in [0.15, 0.2) is 30.6 Å². The van der Waals surface area contributed by atoms with Gasteiger partial charge in [0, 0.05) is 21.5 Å². The molecule has 2 aromatic heterocycles. The van der Waals surface area contributed by atoms with Gasteiger partial charge in [0.15, 0.2) is 0 Å². The second-order valence-corrected chi connectivity index (χ2v) is 5.15. The van der Waals surface area contributed by atoms with E-state index in [4.69, 9.17) is 4.74 Å². The number of aromatic nitrogens is 1. The van der Waals surface area contributed by atoms with Crippen molar-refractivity contribution in [3.05, 3.63) is 45.9 Å².